The van der Waals surface area contributed by atoms with Crippen LogP contribution in [0.3, 0.4) is 0 Å². The number of rotatable bonds is 6. The number of methoxy groups -OCH3 is 1. The Bertz CT molecular complexity index is 580. The molecule has 7 heteroatoms. The molecule has 112 valence electrons. The van der Waals surface area contributed by atoms with Gasteiger partial charge in [-0.1, -0.05) is 18.2 Å². The molecule has 1 atom stereocenters. The van der Waals surface area contributed by atoms with Gasteiger partial charge in [0.25, 0.3) is 0 Å². The highest BCUT2D eigenvalue weighted by Gasteiger charge is 2.06. The highest BCUT2D eigenvalue weighted by Crippen LogP contribution is 2.09. The standard InChI is InChI=1S/C14H20N6O/c1-11(9-21-2)18-14(15)16-8-13-19-17-10-20(13)12-6-4-3-5-7-12/h3-7,10-11H,8-9H2,1-2H3,(H3,15,16,18). The summed E-state index contributed by atoms with van der Waals surface area (Å²) in [4.78, 5) is 4.28. The van der Waals surface area contributed by atoms with Gasteiger partial charge in [-0.15, -0.1) is 10.2 Å². The summed E-state index contributed by atoms with van der Waals surface area (Å²) in [6.07, 6.45) is 1.66. The fourth-order valence-corrected chi connectivity index (χ4v) is 1.92. The van der Waals surface area contributed by atoms with Crippen LogP contribution in [0.1, 0.15) is 12.7 Å². The van der Waals surface area contributed by atoms with E-state index in [1.165, 1.54) is 0 Å². The van der Waals surface area contributed by atoms with E-state index in [0.717, 1.165) is 11.5 Å². The minimum absolute atomic E-state index is 0.103. The van der Waals surface area contributed by atoms with Crippen molar-refractivity contribution in [1.29, 1.82) is 0 Å². The first-order valence-electron chi connectivity index (χ1n) is 6.70. The van der Waals surface area contributed by atoms with E-state index in [1.54, 1.807) is 13.4 Å². The number of nitrogens with two attached hydrogens (primary N) is 1. The summed E-state index contributed by atoms with van der Waals surface area (Å²) in [5.74, 6) is 1.09. The Kier molecular flexibility index (Phi) is 5.28. The number of ether oxygens (including phenoxy) is 1. The molecule has 0 bridgehead atoms. The first-order chi connectivity index (χ1) is 10.2. The van der Waals surface area contributed by atoms with Crippen LogP contribution in [0.2, 0.25) is 0 Å². The number of aliphatic imine (C=N–C) groups is 1. The highest BCUT2D eigenvalue weighted by molar-refractivity contribution is 5.78. The van der Waals surface area contributed by atoms with Gasteiger partial charge in [0.15, 0.2) is 11.8 Å². The summed E-state index contributed by atoms with van der Waals surface area (Å²) >= 11 is 0. The van der Waals surface area contributed by atoms with Crippen LogP contribution in [0, 0.1) is 0 Å². The van der Waals surface area contributed by atoms with E-state index in [1.807, 2.05) is 41.8 Å². The molecule has 0 saturated heterocycles. The predicted octanol–water partition coefficient (Wildman–Crippen LogP) is 0.707. The molecule has 0 fully saturated rings. The lowest BCUT2D eigenvalue weighted by molar-refractivity contribution is 0.179. The van der Waals surface area contributed by atoms with Gasteiger partial charge in [0.2, 0.25) is 0 Å². The van der Waals surface area contributed by atoms with Crippen LogP contribution in [0.5, 0.6) is 0 Å². The van der Waals surface area contributed by atoms with Gasteiger partial charge in [0.05, 0.1) is 6.61 Å². The first kappa shape index (κ1) is 15.0. The normalized spacial score (nSPS) is 13.1. The average Bonchev–Trinajstić information content (AvgIpc) is 2.94. The third kappa shape index (κ3) is 4.28. The third-order valence-electron chi connectivity index (χ3n) is 2.85. The Morgan fingerprint density at radius 1 is 1.43 bits per heavy atom. The van der Waals surface area contributed by atoms with Gasteiger partial charge in [-0.2, -0.15) is 0 Å². The summed E-state index contributed by atoms with van der Waals surface area (Å²) in [6, 6.07) is 9.96. The number of guanidine groups is 1. The Hall–Kier alpha value is -2.41. The average molecular weight is 288 g/mol. The Morgan fingerprint density at radius 3 is 2.90 bits per heavy atom. The van der Waals surface area contributed by atoms with Gasteiger partial charge in [0, 0.05) is 18.8 Å². The topological polar surface area (TPSA) is 90.3 Å². The molecule has 0 spiro atoms. The van der Waals surface area contributed by atoms with E-state index in [0.29, 0.717) is 19.1 Å². The van der Waals surface area contributed by atoms with Gasteiger partial charge in [0.1, 0.15) is 12.9 Å². The summed E-state index contributed by atoms with van der Waals surface area (Å²) in [6.45, 7) is 2.89. The fraction of sp³-hybridized carbons (Fsp3) is 0.357. The van der Waals surface area contributed by atoms with E-state index < -0.39 is 0 Å². The summed E-state index contributed by atoms with van der Waals surface area (Å²) in [5, 5.41) is 11.1. The second kappa shape index (κ2) is 7.39. The molecule has 1 aromatic carbocycles. The van der Waals surface area contributed by atoms with Gasteiger partial charge < -0.3 is 15.8 Å². The third-order valence-corrected chi connectivity index (χ3v) is 2.85. The van der Waals surface area contributed by atoms with Crippen molar-refractivity contribution in [3.8, 4) is 5.69 Å². The van der Waals surface area contributed by atoms with Crippen molar-refractivity contribution in [2.45, 2.75) is 19.5 Å². The van der Waals surface area contributed by atoms with Gasteiger partial charge in [-0.25, -0.2) is 4.99 Å². The second-order valence-electron chi connectivity index (χ2n) is 4.65. The molecule has 0 amide bonds. The Balaban J connectivity index is 2.03. The van der Waals surface area contributed by atoms with Crippen LogP contribution in [0.25, 0.3) is 5.69 Å². The molecule has 0 aliphatic heterocycles. The second-order valence-corrected chi connectivity index (χ2v) is 4.65. The smallest absolute Gasteiger partial charge is 0.189 e. The van der Waals surface area contributed by atoms with Crippen molar-refractivity contribution in [2.24, 2.45) is 10.7 Å². The molecule has 3 N–H and O–H groups in total. The van der Waals surface area contributed by atoms with Gasteiger partial charge in [-0.3, -0.25) is 4.57 Å². The molecule has 0 saturated carbocycles. The predicted molar refractivity (Wildman–Crippen MR) is 81.2 cm³/mol. The maximum Gasteiger partial charge on any atom is 0.189 e. The number of para-hydroxylation sites is 1. The van der Waals surface area contributed by atoms with E-state index in [4.69, 9.17) is 10.5 Å². The summed E-state index contributed by atoms with van der Waals surface area (Å²) < 4.78 is 6.92. The van der Waals surface area contributed by atoms with Gasteiger partial charge >= 0.3 is 0 Å². The van der Waals surface area contributed by atoms with Crippen molar-refractivity contribution in [3.63, 3.8) is 0 Å². The molecule has 2 rings (SSSR count). The maximum atomic E-state index is 5.84. The molecule has 0 aliphatic carbocycles. The van der Waals surface area contributed by atoms with Crippen molar-refractivity contribution in [2.75, 3.05) is 13.7 Å². The molecule has 1 unspecified atom stereocenters. The minimum Gasteiger partial charge on any atom is -0.383 e. The van der Waals surface area contributed by atoms with Crippen LogP contribution in [-0.2, 0) is 11.3 Å². The molecule has 7 nitrogen and oxygen atoms in total. The lowest BCUT2D eigenvalue weighted by Crippen LogP contribution is -2.40. The van der Waals surface area contributed by atoms with Crippen LogP contribution in [0.15, 0.2) is 41.7 Å². The zero-order valence-electron chi connectivity index (χ0n) is 12.2. The number of nitrogens with zero attached hydrogens (tertiary/aromatic N) is 4. The fourth-order valence-electron chi connectivity index (χ4n) is 1.92. The van der Waals surface area contributed by atoms with Gasteiger partial charge in [-0.05, 0) is 19.1 Å². The molecule has 0 aliphatic rings. The summed E-state index contributed by atoms with van der Waals surface area (Å²) in [7, 11) is 1.65. The van der Waals surface area contributed by atoms with Crippen LogP contribution in [0.4, 0.5) is 0 Å². The quantitative estimate of drug-likeness (QED) is 0.603. The first-order valence-corrected chi connectivity index (χ1v) is 6.70. The lowest BCUT2D eigenvalue weighted by Gasteiger charge is -2.13. The zero-order valence-corrected chi connectivity index (χ0v) is 12.2. The monoisotopic (exact) mass is 288 g/mol. The van der Waals surface area contributed by atoms with Crippen molar-refractivity contribution in [1.82, 2.24) is 20.1 Å². The zero-order chi connectivity index (χ0) is 15.1. The largest absolute Gasteiger partial charge is 0.383 e. The SMILES string of the molecule is COCC(C)NC(N)=NCc1nncn1-c1ccccc1. The number of hydrogen-bond acceptors (Lipinski definition) is 4. The highest BCUT2D eigenvalue weighted by atomic mass is 16.5. The van der Waals surface area contributed by atoms with Crippen LogP contribution >= 0.6 is 0 Å². The molecular formula is C14H20N6O. The minimum atomic E-state index is 0.103. The van der Waals surface area contributed by atoms with Crippen LogP contribution in [-0.4, -0.2) is 40.5 Å². The molecule has 1 heterocycles. The van der Waals surface area contributed by atoms with Crippen molar-refractivity contribution in [3.05, 3.63) is 42.5 Å². The Labute approximate surface area is 123 Å². The summed E-state index contributed by atoms with van der Waals surface area (Å²) in [5.41, 5.74) is 6.83. The lowest BCUT2D eigenvalue weighted by atomic mass is 10.3. The molecule has 21 heavy (non-hydrogen) atoms. The van der Waals surface area contributed by atoms with Crippen molar-refractivity contribution < 1.29 is 4.74 Å². The number of nitrogens with one attached hydrogen (secondary N) is 1. The van der Waals surface area contributed by atoms with E-state index >= 15 is 0 Å². The number of hydrogen-bond donors (Lipinski definition) is 2. The molecule has 2 aromatic rings. The molecular weight excluding hydrogens is 268 g/mol. The number of aromatic nitrogens is 3. The van der Waals surface area contributed by atoms with E-state index in [2.05, 4.69) is 20.5 Å². The van der Waals surface area contributed by atoms with E-state index in [9.17, 15) is 0 Å². The van der Waals surface area contributed by atoms with E-state index in [-0.39, 0.29) is 6.04 Å². The Morgan fingerprint density at radius 2 is 2.19 bits per heavy atom. The molecule has 0 radical (unpaired) electrons. The maximum absolute atomic E-state index is 5.84. The number of benzene rings is 1. The van der Waals surface area contributed by atoms with Crippen LogP contribution < -0.4 is 11.1 Å². The molecule has 1 aromatic heterocycles. The van der Waals surface area contributed by atoms with Crippen molar-refractivity contribution >= 4 is 5.96 Å².